The van der Waals surface area contributed by atoms with Crippen LogP contribution in [0.15, 0.2) is 24.3 Å². The van der Waals surface area contributed by atoms with Crippen molar-refractivity contribution in [1.82, 2.24) is 10.2 Å². The molecule has 1 heterocycles. The number of benzene rings is 1. The molecule has 0 aromatic heterocycles. The fourth-order valence-electron chi connectivity index (χ4n) is 2.18. The zero-order chi connectivity index (χ0) is 12.8. The van der Waals surface area contributed by atoms with Crippen molar-refractivity contribution in [2.45, 2.75) is 12.8 Å². The third kappa shape index (κ3) is 6.18. The average Bonchev–Trinajstić information content (AvgIpc) is 2.40. The maximum atomic E-state index is 12.7. The third-order valence-electron chi connectivity index (χ3n) is 3.25. The number of nitrogens with one attached hydrogen (secondary N) is 1. The maximum Gasteiger partial charge on any atom is 0.162 e. The van der Waals surface area contributed by atoms with Gasteiger partial charge >= 0.3 is 0 Å². The number of Topliss-reactive ketones (excluding diaryl/α,β-unsaturated/α-hetero) is 1. The molecule has 1 fully saturated rings. The van der Waals surface area contributed by atoms with E-state index in [1.165, 1.54) is 12.1 Å². The molecular formula is C14H19Cl2FN2O-2. The van der Waals surface area contributed by atoms with Crippen LogP contribution < -0.4 is 30.1 Å². The first-order valence-electron chi connectivity index (χ1n) is 6.47. The number of piperazine rings is 1. The molecule has 1 aromatic carbocycles. The molecule has 2 rings (SSSR count). The van der Waals surface area contributed by atoms with Gasteiger partial charge in [0.05, 0.1) is 0 Å². The third-order valence-corrected chi connectivity index (χ3v) is 3.25. The molecule has 1 aromatic rings. The van der Waals surface area contributed by atoms with Gasteiger partial charge in [0.15, 0.2) is 5.78 Å². The number of carbonyl (C=O) groups excluding carboxylic acids is 1. The topological polar surface area (TPSA) is 32.3 Å². The van der Waals surface area contributed by atoms with Gasteiger partial charge in [-0.05, 0) is 37.2 Å². The molecule has 0 unspecified atom stereocenters. The molecular weight excluding hydrogens is 302 g/mol. The van der Waals surface area contributed by atoms with Crippen LogP contribution in [0.5, 0.6) is 0 Å². The minimum Gasteiger partial charge on any atom is -1.00 e. The maximum absolute atomic E-state index is 12.7. The second-order valence-corrected chi connectivity index (χ2v) is 4.63. The highest BCUT2D eigenvalue weighted by atomic mass is 35.5. The summed E-state index contributed by atoms with van der Waals surface area (Å²) in [6, 6.07) is 5.79. The van der Waals surface area contributed by atoms with Gasteiger partial charge in [0, 0.05) is 38.2 Å². The van der Waals surface area contributed by atoms with Gasteiger partial charge in [-0.15, -0.1) is 0 Å². The van der Waals surface area contributed by atoms with Crippen LogP contribution in [0.2, 0.25) is 0 Å². The van der Waals surface area contributed by atoms with Crippen LogP contribution in [0, 0.1) is 5.82 Å². The van der Waals surface area contributed by atoms with Crippen LogP contribution in [-0.4, -0.2) is 43.4 Å². The number of hydrogen-bond acceptors (Lipinski definition) is 3. The number of rotatable bonds is 5. The summed E-state index contributed by atoms with van der Waals surface area (Å²) in [6.45, 7) is 5.15. The van der Waals surface area contributed by atoms with E-state index in [0.29, 0.717) is 12.0 Å². The largest absolute Gasteiger partial charge is 1.00 e. The van der Waals surface area contributed by atoms with Gasteiger partial charge in [0.1, 0.15) is 5.82 Å². The lowest BCUT2D eigenvalue weighted by atomic mass is 10.1. The lowest BCUT2D eigenvalue weighted by Crippen LogP contribution is -3.00. The van der Waals surface area contributed by atoms with Gasteiger partial charge in [-0.3, -0.25) is 4.79 Å². The van der Waals surface area contributed by atoms with E-state index in [0.717, 1.165) is 39.1 Å². The number of ketones is 1. The van der Waals surface area contributed by atoms with E-state index in [4.69, 9.17) is 0 Å². The highest BCUT2D eigenvalue weighted by molar-refractivity contribution is 5.95. The Morgan fingerprint density at radius 2 is 1.75 bits per heavy atom. The van der Waals surface area contributed by atoms with Crippen molar-refractivity contribution in [3.63, 3.8) is 0 Å². The van der Waals surface area contributed by atoms with Crippen molar-refractivity contribution < 1.29 is 34.0 Å². The van der Waals surface area contributed by atoms with Crippen molar-refractivity contribution in [1.29, 1.82) is 0 Å². The lowest BCUT2D eigenvalue weighted by molar-refractivity contribution is -0.00100. The predicted octanol–water partition coefficient (Wildman–Crippen LogP) is -4.30. The minimum atomic E-state index is -0.299. The smallest absolute Gasteiger partial charge is 0.162 e. The molecule has 0 saturated carbocycles. The summed E-state index contributed by atoms with van der Waals surface area (Å²) < 4.78 is 12.7. The summed E-state index contributed by atoms with van der Waals surface area (Å²) in [5.41, 5.74) is 0.608. The van der Waals surface area contributed by atoms with Crippen LogP contribution in [0.3, 0.4) is 0 Å². The molecule has 1 aliphatic rings. The van der Waals surface area contributed by atoms with Gasteiger partial charge in [-0.2, -0.15) is 0 Å². The van der Waals surface area contributed by atoms with E-state index in [2.05, 4.69) is 10.2 Å². The molecule has 0 atom stereocenters. The van der Waals surface area contributed by atoms with Crippen molar-refractivity contribution >= 4 is 5.78 Å². The highest BCUT2D eigenvalue weighted by Crippen LogP contribution is 2.08. The number of halogens is 3. The van der Waals surface area contributed by atoms with E-state index in [9.17, 15) is 9.18 Å². The van der Waals surface area contributed by atoms with Crippen LogP contribution >= 0.6 is 0 Å². The SMILES string of the molecule is O=C(CCCN1CCNCC1)c1ccc(F)cc1.[Cl-].[Cl-]. The molecule has 1 N–H and O–H groups in total. The van der Waals surface area contributed by atoms with Crippen LogP contribution in [0.25, 0.3) is 0 Å². The average molecular weight is 321 g/mol. The fraction of sp³-hybridized carbons (Fsp3) is 0.500. The predicted molar refractivity (Wildman–Crippen MR) is 69.3 cm³/mol. The zero-order valence-electron chi connectivity index (χ0n) is 11.2. The Bertz CT molecular complexity index is 395. The van der Waals surface area contributed by atoms with Crippen LogP contribution in [-0.2, 0) is 0 Å². The summed E-state index contributed by atoms with van der Waals surface area (Å²) in [5, 5.41) is 3.30. The summed E-state index contributed by atoms with van der Waals surface area (Å²) in [7, 11) is 0. The normalized spacial score (nSPS) is 15.1. The molecule has 0 aliphatic carbocycles. The van der Waals surface area contributed by atoms with E-state index >= 15 is 0 Å². The van der Waals surface area contributed by atoms with Crippen molar-refractivity contribution in [2.75, 3.05) is 32.7 Å². The first kappa shape index (κ1) is 19.3. The Morgan fingerprint density at radius 3 is 2.35 bits per heavy atom. The molecule has 20 heavy (non-hydrogen) atoms. The molecule has 1 saturated heterocycles. The quantitative estimate of drug-likeness (QED) is 0.557. The molecule has 3 nitrogen and oxygen atoms in total. The fourth-order valence-corrected chi connectivity index (χ4v) is 2.18. The number of nitrogens with zero attached hydrogens (tertiary/aromatic N) is 1. The lowest BCUT2D eigenvalue weighted by Gasteiger charge is -2.26. The van der Waals surface area contributed by atoms with Crippen molar-refractivity contribution in [3.8, 4) is 0 Å². The molecule has 0 amide bonds. The monoisotopic (exact) mass is 320 g/mol. The summed E-state index contributed by atoms with van der Waals surface area (Å²) in [6.07, 6.45) is 1.41. The van der Waals surface area contributed by atoms with Crippen molar-refractivity contribution in [3.05, 3.63) is 35.6 Å². The second-order valence-electron chi connectivity index (χ2n) is 4.63. The Hall–Kier alpha value is -0.680. The summed E-state index contributed by atoms with van der Waals surface area (Å²) in [4.78, 5) is 14.2. The minimum absolute atomic E-state index is 0. The van der Waals surface area contributed by atoms with Crippen LogP contribution in [0.1, 0.15) is 23.2 Å². The van der Waals surface area contributed by atoms with Crippen LogP contribution in [0.4, 0.5) is 4.39 Å². The first-order valence-corrected chi connectivity index (χ1v) is 6.47. The first-order chi connectivity index (χ1) is 8.75. The Balaban J connectivity index is 0.00000180. The molecule has 0 spiro atoms. The van der Waals surface area contributed by atoms with E-state index in [1.54, 1.807) is 12.1 Å². The van der Waals surface area contributed by atoms with Gasteiger partial charge in [-0.1, -0.05) is 0 Å². The summed E-state index contributed by atoms with van der Waals surface area (Å²) in [5.74, 6) is -0.197. The van der Waals surface area contributed by atoms with Gasteiger partial charge in [0.2, 0.25) is 0 Å². The molecule has 1 aliphatic heterocycles. The van der Waals surface area contributed by atoms with E-state index in [-0.39, 0.29) is 36.4 Å². The highest BCUT2D eigenvalue weighted by Gasteiger charge is 2.10. The standard InChI is InChI=1S/C14H19FN2O.2ClH/c15-13-5-3-12(4-6-13)14(18)2-1-9-17-10-7-16-8-11-17;;/h3-6,16H,1-2,7-11H2;2*1H/p-2. The molecule has 114 valence electrons. The zero-order valence-corrected chi connectivity index (χ0v) is 12.8. The van der Waals surface area contributed by atoms with Gasteiger partial charge in [-0.25, -0.2) is 4.39 Å². The van der Waals surface area contributed by atoms with Crippen molar-refractivity contribution in [2.24, 2.45) is 0 Å². The number of hydrogen-bond donors (Lipinski definition) is 1. The molecule has 6 heteroatoms. The van der Waals surface area contributed by atoms with Gasteiger partial charge < -0.3 is 35.0 Å². The molecule has 0 bridgehead atoms. The Labute approximate surface area is 131 Å². The second kappa shape index (κ2) is 10.1. The molecule has 0 radical (unpaired) electrons. The summed E-state index contributed by atoms with van der Waals surface area (Å²) >= 11 is 0. The Morgan fingerprint density at radius 1 is 1.15 bits per heavy atom. The number of carbonyl (C=O) groups is 1. The van der Waals surface area contributed by atoms with Gasteiger partial charge in [0.25, 0.3) is 0 Å². The Kier molecular flexibility index (Phi) is 9.76. The van der Waals surface area contributed by atoms with E-state index < -0.39 is 0 Å². The van der Waals surface area contributed by atoms with E-state index in [1.807, 2.05) is 0 Å².